The van der Waals surface area contributed by atoms with E-state index in [4.69, 9.17) is 4.98 Å². The van der Waals surface area contributed by atoms with Gasteiger partial charge in [0, 0.05) is 38.7 Å². The first-order valence-corrected chi connectivity index (χ1v) is 12.3. The van der Waals surface area contributed by atoms with Gasteiger partial charge in [-0.05, 0) is 70.9 Å². The summed E-state index contributed by atoms with van der Waals surface area (Å²) in [5.74, 6) is -0.0952. The topological polar surface area (TPSA) is 88.9 Å². The Kier molecular flexibility index (Phi) is 5.69. The molecule has 34 heavy (non-hydrogen) atoms. The van der Waals surface area contributed by atoms with Gasteiger partial charge in [-0.25, -0.2) is 9.67 Å². The van der Waals surface area contributed by atoms with Crippen LogP contribution in [-0.4, -0.2) is 26.6 Å². The summed E-state index contributed by atoms with van der Waals surface area (Å²) in [6.45, 7) is 8.23. The summed E-state index contributed by atoms with van der Waals surface area (Å²) >= 11 is 1.71. The number of hydrogen-bond acceptors (Lipinski definition) is 5. The molecule has 174 valence electrons. The largest absolute Gasteiger partial charge is 0.326 e. The van der Waals surface area contributed by atoms with Crippen molar-refractivity contribution in [1.82, 2.24) is 14.8 Å². The third-order valence-electron chi connectivity index (χ3n) is 5.95. The maximum Gasteiger partial charge on any atom is 0.256 e. The van der Waals surface area contributed by atoms with E-state index in [-0.39, 0.29) is 23.8 Å². The van der Waals surface area contributed by atoms with E-state index in [1.807, 2.05) is 42.8 Å². The van der Waals surface area contributed by atoms with Crippen LogP contribution >= 0.6 is 11.3 Å². The molecular formula is C26H27N5O2S. The molecule has 2 N–H and O–H groups in total. The molecule has 7 nitrogen and oxygen atoms in total. The Labute approximate surface area is 202 Å². The highest BCUT2D eigenvalue weighted by Gasteiger charge is 2.29. The van der Waals surface area contributed by atoms with Crippen molar-refractivity contribution in [2.75, 3.05) is 10.6 Å². The first kappa shape index (κ1) is 22.3. The van der Waals surface area contributed by atoms with E-state index in [1.165, 1.54) is 4.88 Å². The molecule has 3 heterocycles. The number of thiophene rings is 1. The number of carbonyl (C=O) groups excluding carboxylic acids is 2. The normalized spacial score (nSPS) is 13.4. The lowest BCUT2D eigenvalue weighted by Crippen LogP contribution is -2.15. The maximum atomic E-state index is 13.5. The number of amides is 2. The van der Waals surface area contributed by atoms with E-state index < -0.39 is 0 Å². The number of hydrogen-bond donors (Lipinski definition) is 2. The fraction of sp³-hybridized carbons (Fsp3) is 0.308. The Hall–Kier alpha value is -3.52. The molecule has 2 amide bonds. The van der Waals surface area contributed by atoms with E-state index in [0.29, 0.717) is 28.0 Å². The molecule has 8 heteroatoms. The molecule has 4 aromatic rings. The predicted molar refractivity (Wildman–Crippen MR) is 136 cm³/mol. The van der Waals surface area contributed by atoms with Crippen LogP contribution in [0.5, 0.6) is 0 Å². The lowest BCUT2D eigenvalue weighted by atomic mass is 10.1. The van der Waals surface area contributed by atoms with Crippen LogP contribution in [0.1, 0.15) is 52.8 Å². The molecule has 0 bridgehead atoms. The van der Waals surface area contributed by atoms with Gasteiger partial charge in [0.1, 0.15) is 0 Å². The quantitative estimate of drug-likeness (QED) is 0.362. The molecule has 1 fully saturated rings. The third-order valence-corrected chi connectivity index (χ3v) is 6.92. The van der Waals surface area contributed by atoms with Gasteiger partial charge < -0.3 is 10.6 Å². The third kappa shape index (κ3) is 4.33. The highest BCUT2D eigenvalue weighted by molar-refractivity contribution is 7.12. The number of nitrogens with one attached hydrogen (secondary N) is 2. The number of benzene rings is 1. The van der Waals surface area contributed by atoms with Gasteiger partial charge in [0.2, 0.25) is 5.91 Å². The first-order chi connectivity index (χ1) is 16.3. The molecule has 1 aliphatic rings. The SMILES string of the molecule is Cc1cc(-c2cc(C(=O)Nc3cccc(NC(=O)C4CC4)c3)c3cnn(C(C)C)c3n2)c(C)s1. The number of nitrogens with zero attached hydrogens (tertiary/aromatic N) is 3. The smallest absolute Gasteiger partial charge is 0.256 e. The number of pyridine rings is 1. The molecule has 0 unspecified atom stereocenters. The minimum absolute atomic E-state index is 0.0338. The van der Waals surface area contributed by atoms with Crippen LogP contribution in [0.4, 0.5) is 11.4 Å². The summed E-state index contributed by atoms with van der Waals surface area (Å²) < 4.78 is 1.85. The predicted octanol–water partition coefficient (Wildman–Crippen LogP) is 5.96. The second kappa shape index (κ2) is 8.68. The summed E-state index contributed by atoms with van der Waals surface area (Å²) in [4.78, 5) is 32.8. The van der Waals surface area contributed by atoms with Crippen molar-refractivity contribution in [3.63, 3.8) is 0 Å². The van der Waals surface area contributed by atoms with Gasteiger partial charge in [0.25, 0.3) is 5.91 Å². The number of anilines is 2. The zero-order valence-electron chi connectivity index (χ0n) is 19.7. The lowest BCUT2D eigenvalue weighted by Gasteiger charge is -2.12. The number of fused-ring (bicyclic) bond motifs is 1. The van der Waals surface area contributed by atoms with E-state index in [2.05, 4.69) is 35.6 Å². The molecular weight excluding hydrogens is 446 g/mol. The summed E-state index contributed by atoms with van der Waals surface area (Å²) in [5, 5.41) is 11.1. The van der Waals surface area contributed by atoms with E-state index in [9.17, 15) is 9.59 Å². The van der Waals surface area contributed by atoms with Crippen molar-refractivity contribution in [3.05, 3.63) is 57.9 Å². The molecule has 0 atom stereocenters. The highest BCUT2D eigenvalue weighted by Crippen LogP contribution is 2.33. The van der Waals surface area contributed by atoms with Crippen LogP contribution in [0.2, 0.25) is 0 Å². The highest BCUT2D eigenvalue weighted by atomic mass is 32.1. The monoisotopic (exact) mass is 473 g/mol. The molecule has 0 aliphatic heterocycles. The molecule has 1 aliphatic carbocycles. The number of rotatable bonds is 6. The zero-order chi connectivity index (χ0) is 24.0. The van der Waals surface area contributed by atoms with Gasteiger partial charge in [-0.15, -0.1) is 11.3 Å². The van der Waals surface area contributed by atoms with Gasteiger partial charge in [-0.3, -0.25) is 9.59 Å². The Morgan fingerprint density at radius 2 is 1.82 bits per heavy atom. The Balaban J connectivity index is 1.51. The van der Waals surface area contributed by atoms with Crippen LogP contribution in [-0.2, 0) is 4.79 Å². The first-order valence-electron chi connectivity index (χ1n) is 11.5. The minimum Gasteiger partial charge on any atom is -0.326 e. The Morgan fingerprint density at radius 1 is 1.09 bits per heavy atom. The summed E-state index contributed by atoms with van der Waals surface area (Å²) in [6.07, 6.45) is 3.59. The van der Waals surface area contributed by atoms with Crippen LogP contribution in [0.25, 0.3) is 22.3 Å². The average Bonchev–Trinajstić information content (AvgIpc) is 3.47. The van der Waals surface area contributed by atoms with Gasteiger partial charge in [0.05, 0.1) is 22.8 Å². The van der Waals surface area contributed by atoms with Gasteiger partial charge in [0.15, 0.2) is 5.65 Å². The van der Waals surface area contributed by atoms with Crippen LogP contribution in [0, 0.1) is 19.8 Å². The van der Waals surface area contributed by atoms with Crippen molar-refractivity contribution >= 4 is 45.6 Å². The van der Waals surface area contributed by atoms with E-state index in [1.54, 1.807) is 23.6 Å². The average molecular weight is 474 g/mol. The van der Waals surface area contributed by atoms with Gasteiger partial charge in [-0.2, -0.15) is 5.10 Å². The van der Waals surface area contributed by atoms with Crippen molar-refractivity contribution in [2.45, 2.75) is 46.6 Å². The molecule has 1 saturated carbocycles. The van der Waals surface area contributed by atoms with Crippen molar-refractivity contribution in [3.8, 4) is 11.3 Å². The van der Waals surface area contributed by atoms with Crippen LogP contribution < -0.4 is 10.6 Å². The summed E-state index contributed by atoms with van der Waals surface area (Å²) in [5.41, 5.74) is 4.28. The molecule has 5 rings (SSSR count). The van der Waals surface area contributed by atoms with Crippen LogP contribution in [0.3, 0.4) is 0 Å². The molecule has 1 aromatic carbocycles. The maximum absolute atomic E-state index is 13.5. The van der Waals surface area contributed by atoms with E-state index in [0.717, 1.165) is 29.0 Å². The number of carbonyl (C=O) groups is 2. The van der Waals surface area contributed by atoms with Crippen molar-refractivity contribution in [2.24, 2.45) is 5.92 Å². The second-order valence-electron chi connectivity index (χ2n) is 9.10. The molecule has 0 saturated heterocycles. The van der Waals surface area contributed by atoms with Crippen molar-refractivity contribution in [1.29, 1.82) is 0 Å². The van der Waals surface area contributed by atoms with Gasteiger partial charge >= 0.3 is 0 Å². The fourth-order valence-electron chi connectivity index (χ4n) is 4.07. The van der Waals surface area contributed by atoms with Gasteiger partial charge in [-0.1, -0.05) is 6.07 Å². The number of aryl methyl sites for hydroxylation is 2. The van der Waals surface area contributed by atoms with Crippen LogP contribution in [0.15, 0.2) is 42.6 Å². The zero-order valence-corrected chi connectivity index (χ0v) is 20.5. The Morgan fingerprint density at radius 3 is 2.47 bits per heavy atom. The van der Waals surface area contributed by atoms with Crippen molar-refractivity contribution < 1.29 is 9.59 Å². The molecule has 3 aromatic heterocycles. The second-order valence-corrected chi connectivity index (χ2v) is 10.6. The minimum atomic E-state index is -0.243. The molecule has 0 spiro atoms. The molecule has 0 radical (unpaired) electrons. The lowest BCUT2D eigenvalue weighted by molar-refractivity contribution is -0.117. The summed E-state index contributed by atoms with van der Waals surface area (Å²) in [6, 6.07) is 11.3. The summed E-state index contributed by atoms with van der Waals surface area (Å²) in [7, 11) is 0. The standard InChI is InChI=1S/C26H27N5O2S/c1-14(2)31-24-22(13-27-31)21(12-23(30-24)20-10-15(3)34-16(20)4)26(33)29-19-7-5-6-18(11-19)28-25(32)17-8-9-17/h5-7,10-14,17H,8-9H2,1-4H3,(H,28,32)(H,29,33). The number of aromatic nitrogens is 3. The Bertz CT molecular complexity index is 1410. The fourth-order valence-corrected chi connectivity index (χ4v) is 5.00. The van der Waals surface area contributed by atoms with E-state index >= 15 is 0 Å².